The van der Waals surface area contributed by atoms with Crippen LogP contribution in [0.1, 0.15) is 29.8 Å². The summed E-state index contributed by atoms with van der Waals surface area (Å²) in [5.41, 5.74) is 1.56. The van der Waals surface area contributed by atoms with Gasteiger partial charge in [0.25, 0.3) is 0 Å². The first-order valence-electron chi connectivity index (χ1n) is 11.2. The molecular formula is C26H28N2O6S. The molecule has 8 nitrogen and oxygen atoms in total. The first-order chi connectivity index (χ1) is 16.8. The Hall–Kier alpha value is -3.69. The van der Waals surface area contributed by atoms with Gasteiger partial charge in [0.05, 0.1) is 23.7 Å². The molecule has 0 heterocycles. The predicted molar refractivity (Wildman–Crippen MR) is 133 cm³/mol. The van der Waals surface area contributed by atoms with Crippen LogP contribution in [-0.2, 0) is 26.0 Å². The minimum absolute atomic E-state index is 0.0191. The van der Waals surface area contributed by atoms with Crippen molar-refractivity contribution in [3.63, 3.8) is 0 Å². The van der Waals surface area contributed by atoms with Crippen LogP contribution in [0.4, 0.5) is 5.69 Å². The number of nitrogens with one attached hydrogen (secondary N) is 2. The van der Waals surface area contributed by atoms with Crippen LogP contribution >= 0.6 is 0 Å². The molecule has 3 aromatic carbocycles. The van der Waals surface area contributed by atoms with Gasteiger partial charge < -0.3 is 14.8 Å². The second-order valence-electron chi connectivity index (χ2n) is 7.56. The van der Waals surface area contributed by atoms with E-state index in [9.17, 15) is 18.0 Å². The van der Waals surface area contributed by atoms with Gasteiger partial charge in [-0.05, 0) is 74.4 Å². The van der Waals surface area contributed by atoms with E-state index in [1.165, 1.54) is 24.3 Å². The lowest BCUT2D eigenvalue weighted by atomic mass is 10.1. The highest BCUT2D eigenvalue weighted by Gasteiger charge is 2.26. The van der Waals surface area contributed by atoms with Gasteiger partial charge in [0.15, 0.2) is 0 Å². The van der Waals surface area contributed by atoms with Gasteiger partial charge in [-0.2, -0.15) is 4.72 Å². The third-order valence-corrected chi connectivity index (χ3v) is 6.49. The number of hydrogen-bond acceptors (Lipinski definition) is 6. The summed E-state index contributed by atoms with van der Waals surface area (Å²) in [7, 11) is -4.00. The molecule has 0 saturated carbocycles. The Morgan fingerprint density at radius 3 is 2.11 bits per heavy atom. The fourth-order valence-electron chi connectivity index (χ4n) is 3.31. The molecule has 0 fully saturated rings. The molecule has 0 spiro atoms. The molecule has 0 aliphatic heterocycles. The minimum atomic E-state index is -4.00. The van der Waals surface area contributed by atoms with Gasteiger partial charge in [-0.1, -0.05) is 30.3 Å². The van der Waals surface area contributed by atoms with Crippen LogP contribution in [0.25, 0.3) is 0 Å². The van der Waals surface area contributed by atoms with Gasteiger partial charge in [-0.3, -0.25) is 4.79 Å². The molecule has 9 heteroatoms. The van der Waals surface area contributed by atoms with Crippen molar-refractivity contribution >= 4 is 27.6 Å². The summed E-state index contributed by atoms with van der Waals surface area (Å²) in [5, 5.41) is 2.72. The summed E-state index contributed by atoms with van der Waals surface area (Å²) in [5.74, 6) is -0.445. The molecule has 0 aromatic heterocycles. The van der Waals surface area contributed by atoms with Crippen LogP contribution in [0.3, 0.4) is 0 Å². The highest BCUT2D eigenvalue weighted by Crippen LogP contribution is 2.18. The van der Waals surface area contributed by atoms with Crippen molar-refractivity contribution in [3.05, 3.63) is 90.0 Å². The quantitative estimate of drug-likeness (QED) is 0.391. The normalized spacial score (nSPS) is 11.9. The average Bonchev–Trinajstić information content (AvgIpc) is 2.85. The Morgan fingerprint density at radius 2 is 1.51 bits per heavy atom. The van der Waals surface area contributed by atoms with Gasteiger partial charge in [0, 0.05) is 5.69 Å². The second-order valence-corrected chi connectivity index (χ2v) is 9.27. The van der Waals surface area contributed by atoms with Gasteiger partial charge in [-0.25, -0.2) is 13.2 Å². The maximum Gasteiger partial charge on any atom is 0.338 e. The monoisotopic (exact) mass is 496 g/mol. The predicted octanol–water partition coefficient (Wildman–Crippen LogP) is 3.79. The molecule has 0 aliphatic rings. The number of benzene rings is 3. The number of carbonyl (C=O) groups is 2. The van der Waals surface area contributed by atoms with Crippen LogP contribution in [0.5, 0.6) is 5.75 Å². The Bertz CT molecular complexity index is 1230. The highest BCUT2D eigenvalue weighted by molar-refractivity contribution is 7.89. The van der Waals surface area contributed by atoms with Crippen molar-refractivity contribution < 1.29 is 27.5 Å². The summed E-state index contributed by atoms with van der Waals surface area (Å²) in [4.78, 5) is 25.0. The number of esters is 1. The molecule has 0 aliphatic carbocycles. The van der Waals surface area contributed by atoms with E-state index in [2.05, 4.69) is 10.0 Å². The summed E-state index contributed by atoms with van der Waals surface area (Å²) in [6.45, 7) is 4.27. The fourth-order valence-corrected chi connectivity index (χ4v) is 4.50. The topological polar surface area (TPSA) is 111 Å². The summed E-state index contributed by atoms with van der Waals surface area (Å²) >= 11 is 0. The molecule has 184 valence electrons. The molecule has 0 radical (unpaired) electrons. The Kier molecular flexibility index (Phi) is 8.99. The van der Waals surface area contributed by atoms with E-state index in [1.54, 1.807) is 31.2 Å². The van der Waals surface area contributed by atoms with E-state index in [0.717, 1.165) is 5.56 Å². The first-order valence-corrected chi connectivity index (χ1v) is 12.7. The second kappa shape index (κ2) is 12.1. The molecule has 1 atom stereocenters. The third-order valence-electron chi connectivity index (χ3n) is 5.01. The van der Waals surface area contributed by atoms with Gasteiger partial charge in [0.1, 0.15) is 11.8 Å². The Labute approximate surface area is 205 Å². The molecule has 2 N–H and O–H groups in total. The molecule has 1 unspecified atom stereocenters. The maximum atomic E-state index is 13.1. The average molecular weight is 497 g/mol. The number of amides is 1. The zero-order valence-electron chi connectivity index (χ0n) is 19.6. The molecular weight excluding hydrogens is 468 g/mol. The molecule has 0 saturated heterocycles. The van der Waals surface area contributed by atoms with Crippen molar-refractivity contribution in [2.75, 3.05) is 18.5 Å². The van der Waals surface area contributed by atoms with E-state index in [-0.39, 0.29) is 17.9 Å². The lowest BCUT2D eigenvalue weighted by molar-refractivity contribution is -0.117. The lowest BCUT2D eigenvalue weighted by Crippen LogP contribution is -2.45. The van der Waals surface area contributed by atoms with Gasteiger partial charge >= 0.3 is 5.97 Å². The smallest absolute Gasteiger partial charge is 0.338 e. The lowest BCUT2D eigenvalue weighted by Gasteiger charge is -2.19. The first kappa shape index (κ1) is 25.9. The molecule has 0 bridgehead atoms. The van der Waals surface area contributed by atoms with E-state index < -0.39 is 27.9 Å². The van der Waals surface area contributed by atoms with E-state index in [0.29, 0.717) is 23.6 Å². The van der Waals surface area contributed by atoms with Crippen molar-refractivity contribution in [3.8, 4) is 5.75 Å². The number of ether oxygens (including phenoxy) is 2. The number of sulfonamides is 1. The number of hydrogen-bond donors (Lipinski definition) is 2. The number of anilines is 1. The molecule has 3 rings (SSSR count). The van der Waals surface area contributed by atoms with E-state index in [4.69, 9.17) is 9.47 Å². The van der Waals surface area contributed by atoms with Crippen LogP contribution in [-0.4, -0.2) is 39.5 Å². The number of carbonyl (C=O) groups excluding carboxylic acids is 2. The van der Waals surface area contributed by atoms with E-state index >= 15 is 0 Å². The third kappa shape index (κ3) is 7.40. The van der Waals surface area contributed by atoms with Crippen LogP contribution in [0, 0.1) is 0 Å². The maximum absolute atomic E-state index is 13.1. The highest BCUT2D eigenvalue weighted by atomic mass is 32.2. The van der Waals surface area contributed by atoms with Crippen LogP contribution < -0.4 is 14.8 Å². The molecule has 35 heavy (non-hydrogen) atoms. The standard InChI is InChI=1S/C26H28N2O6S/c1-3-33-22-14-16-23(17-15-22)35(31,32)28-24(18-19-8-6-5-7-9-19)25(29)27-21-12-10-20(11-13-21)26(30)34-4-2/h5-17,24,28H,3-4,18H2,1-2H3,(H,27,29). The van der Waals surface area contributed by atoms with Gasteiger partial charge in [-0.15, -0.1) is 0 Å². The van der Waals surface area contributed by atoms with E-state index in [1.807, 2.05) is 37.3 Å². The van der Waals surface area contributed by atoms with Crippen LogP contribution in [0.15, 0.2) is 83.8 Å². The summed E-state index contributed by atoms with van der Waals surface area (Å²) in [6, 6.07) is 20.2. The molecule has 3 aromatic rings. The number of rotatable bonds is 11. The summed E-state index contributed by atoms with van der Waals surface area (Å²) in [6.07, 6.45) is 0.143. The van der Waals surface area contributed by atoms with Crippen molar-refractivity contribution in [1.82, 2.24) is 4.72 Å². The zero-order chi connectivity index (χ0) is 25.3. The van der Waals surface area contributed by atoms with Crippen molar-refractivity contribution in [1.29, 1.82) is 0 Å². The minimum Gasteiger partial charge on any atom is -0.494 e. The van der Waals surface area contributed by atoms with Crippen molar-refractivity contribution in [2.45, 2.75) is 31.2 Å². The zero-order valence-corrected chi connectivity index (χ0v) is 20.4. The van der Waals surface area contributed by atoms with Crippen LogP contribution in [0.2, 0.25) is 0 Å². The Morgan fingerprint density at radius 1 is 0.857 bits per heavy atom. The van der Waals surface area contributed by atoms with Gasteiger partial charge in [0.2, 0.25) is 15.9 Å². The largest absolute Gasteiger partial charge is 0.494 e. The fraction of sp³-hybridized carbons (Fsp3) is 0.231. The summed E-state index contributed by atoms with van der Waals surface area (Å²) < 4.78 is 39.0. The molecule has 1 amide bonds. The van der Waals surface area contributed by atoms with Crippen molar-refractivity contribution in [2.24, 2.45) is 0 Å². The Balaban J connectivity index is 1.79. The SMILES string of the molecule is CCOC(=O)c1ccc(NC(=O)C(Cc2ccccc2)NS(=O)(=O)c2ccc(OCC)cc2)cc1.